The van der Waals surface area contributed by atoms with Crippen molar-refractivity contribution in [1.82, 2.24) is 39.7 Å². The fourth-order valence-corrected chi connectivity index (χ4v) is 21.8. The third kappa shape index (κ3) is 11.8. The molecule has 0 radical (unpaired) electrons. The molecule has 6 unspecified atom stereocenters. The normalized spacial score (nSPS) is 32.9. The second kappa shape index (κ2) is 26.1. The summed E-state index contributed by atoms with van der Waals surface area (Å²) in [4.78, 5) is 42.8. The number of halogens is 2. The van der Waals surface area contributed by atoms with Gasteiger partial charge in [0.05, 0.1) is 60.2 Å². The number of nitrogens with one attached hydrogen (secondary N) is 1. The summed E-state index contributed by atoms with van der Waals surface area (Å²) in [6.07, 6.45) is 15.4. The van der Waals surface area contributed by atoms with Gasteiger partial charge in [0.2, 0.25) is 0 Å². The Balaban J connectivity index is 0.000000134. The Morgan fingerprint density at radius 2 is 1.04 bits per heavy atom. The van der Waals surface area contributed by atoms with Crippen LogP contribution in [-0.4, -0.2) is 170 Å². The van der Waals surface area contributed by atoms with Crippen LogP contribution in [-0.2, 0) is 36.7 Å². The second-order valence-electron chi connectivity index (χ2n) is 32.0. The number of benzene rings is 4. The number of anilines is 2. The van der Waals surface area contributed by atoms with Gasteiger partial charge in [-0.3, -0.25) is 18.7 Å². The van der Waals surface area contributed by atoms with Crippen molar-refractivity contribution in [3.8, 4) is 11.4 Å². The first-order chi connectivity index (χ1) is 49.3. The van der Waals surface area contributed by atoms with Crippen molar-refractivity contribution in [2.75, 3.05) is 81.6 Å². The van der Waals surface area contributed by atoms with Gasteiger partial charge in [-0.05, 0) is 219 Å². The Bertz CT molecular complexity index is 4690. The molecular weight excluding hydrogens is 1330 g/mol. The first kappa shape index (κ1) is 69.6. The number of piperazine rings is 2. The van der Waals surface area contributed by atoms with Crippen LogP contribution in [0.4, 0.5) is 20.8 Å². The van der Waals surface area contributed by atoms with E-state index in [9.17, 15) is 47.2 Å². The van der Waals surface area contributed by atoms with Gasteiger partial charge >= 0.3 is 0 Å². The number of allylic oxidation sites excluding steroid dienone is 2. The molecule has 0 bridgehead atoms. The van der Waals surface area contributed by atoms with Gasteiger partial charge in [0, 0.05) is 63.2 Å². The molecule has 8 aromatic rings. The van der Waals surface area contributed by atoms with Crippen LogP contribution in [0.15, 0.2) is 129 Å². The van der Waals surface area contributed by atoms with Crippen LogP contribution in [0.25, 0.3) is 45.7 Å². The summed E-state index contributed by atoms with van der Waals surface area (Å²) in [5.74, 6) is -0.855. The first-order valence-corrected chi connectivity index (χ1v) is 38.5. The third-order valence-electron chi connectivity index (χ3n) is 26.6. The standard InChI is InChI=1S/C39H44FN5O4.C29H35FN2O6S.C11H13N3O/c1-37-20-24-22-41-45(27-10-8-26(40)9-11-27)31(24)19-25(37)7-12-28-29-13-14-39(48,38(29,2)21-32(46)35(28)37)34(47)23-43-15-17-44(18-16-43)36-42-30-5-3-4-6-33(30)49-36;1-27-13-17-15-31-32(20-7-5-19(30)6-8-20)23(17)12-18(27)4-9-21-22-10-11-29(35,25(34)16-38-39(3,36)37)28(22,2)14-24(33)26(21)27;1-2-4-10-9(3-1)13-11(15-10)14-7-5-12-6-8-14/h3-6,8-11,19,22,28-29,32,35,46,48H,7,12-18,20-21,23H2,1-2H3;5-8,12,15,21-22,24,26,33,35H,4,9-11,13-14,16H2,1-3H3;1-4,12H,5-8H2/t28?,29?,32-,35?,37-,38-,39-;21?,22?,24-,26?,27-,28-,29-;/m00./s1. The molecule has 4 aromatic carbocycles. The number of rotatable bonds is 11. The van der Waals surface area contributed by atoms with Crippen LogP contribution in [0.3, 0.4) is 0 Å². The topological polar surface area (TPSA) is 268 Å². The van der Waals surface area contributed by atoms with E-state index in [0.717, 1.165) is 133 Å². The van der Waals surface area contributed by atoms with Crippen LogP contribution in [0.5, 0.6) is 0 Å². The number of para-hydroxylation sites is 4. The van der Waals surface area contributed by atoms with Gasteiger partial charge in [0.25, 0.3) is 22.1 Å². The smallest absolute Gasteiger partial charge is 0.298 e. The lowest BCUT2D eigenvalue weighted by molar-refractivity contribution is -0.180. The lowest BCUT2D eigenvalue weighted by Gasteiger charge is -2.60. The van der Waals surface area contributed by atoms with E-state index in [1.165, 1.54) is 35.4 Å². The number of hydrogen-bond donors (Lipinski definition) is 5. The highest BCUT2D eigenvalue weighted by Crippen LogP contribution is 2.70. The number of nitrogens with zero attached hydrogens (tertiary/aromatic N) is 9. The minimum Gasteiger partial charge on any atom is -0.423 e. The summed E-state index contributed by atoms with van der Waals surface area (Å²) in [6.45, 7) is 14.6. The Kier molecular flexibility index (Phi) is 17.6. The molecule has 103 heavy (non-hydrogen) atoms. The van der Waals surface area contributed by atoms with Gasteiger partial charge < -0.3 is 44.4 Å². The zero-order chi connectivity index (χ0) is 71.8. The fourth-order valence-electron chi connectivity index (χ4n) is 21.4. The quantitative estimate of drug-likeness (QED) is 0.0754. The number of aliphatic hydroxyl groups is 4. The van der Waals surface area contributed by atoms with E-state index in [1.807, 2.05) is 77.2 Å². The summed E-state index contributed by atoms with van der Waals surface area (Å²) in [6, 6.07) is 29.7. The van der Waals surface area contributed by atoms with E-state index in [4.69, 9.17) is 18.1 Å². The number of fused-ring (bicyclic) bond motifs is 14. The number of aliphatic hydroxyl groups excluding tert-OH is 2. The molecule has 21 nitrogen and oxygen atoms in total. The van der Waals surface area contributed by atoms with E-state index >= 15 is 0 Å². The van der Waals surface area contributed by atoms with Crippen molar-refractivity contribution in [2.24, 2.45) is 57.2 Å². The van der Waals surface area contributed by atoms with E-state index in [0.29, 0.717) is 57.9 Å². The van der Waals surface area contributed by atoms with Gasteiger partial charge in [0.1, 0.15) is 40.5 Å². The highest BCUT2D eigenvalue weighted by atomic mass is 32.2. The minimum atomic E-state index is -3.83. The summed E-state index contributed by atoms with van der Waals surface area (Å²) in [5.41, 5.74) is 6.49. The molecule has 8 aliphatic carbocycles. The Morgan fingerprint density at radius 1 is 0.602 bits per heavy atom. The largest absolute Gasteiger partial charge is 0.423 e. The lowest BCUT2D eigenvalue weighted by Crippen LogP contribution is -2.63. The number of carbonyl (C=O) groups is 2. The molecule has 5 N–H and O–H groups in total. The number of hydrogen-bond acceptors (Lipinski definition) is 19. The van der Waals surface area contributed by atoms with Gasteiger partial charge in [-0.1, -0.05) is 63.1 Å². The molecule has 0 amide bonds. The third-order valence-corrected chi connectivity index (χ3v) is 27.1. The summed E-state index contributed by atoms with van der Waals surface area (Å²) in [5, 5.41) is 60.4. The predicted molar refractivity (Wildman–Crippen MR) is 384 cm³/mol. The highest BCUT2D eigenvalue weighted by molar-refractivity contribution is 7.86. The van der Waals surface area contributed by atoms with Crippen molar-refractivity contribution in [3.05, 3.63) is 155 Å². The van der Waals surface area contributed by atoms with Crippen LogP contribution in [0.2, 0.25) is 0 Å². The maximum Gasteiger partial charge on any atom is 0.298 e. The molecule has 24 heteroatoms. The first-order valence-electron chi connectivity index (χ1n) is 36.7. The average molecular weight is 1430 g/mol. The van der Waals surface area contributed by atoms with Gasteiger partial charge in [-0.25, -0.2) is 18.1 Å². The molecule has 544 valence electrons. The van der Waals surface area contributed by atoms with Crippen molar-refractivity contribution in [2.45, 2.75) is 128 Å². The van der Waals surface area contributed by atoms with Crippen LogP contribution >= 0.6 is 0 Å². The van der Waals surface area contributed by atoms with E-state index in [2.05, 4.69) is 68.0 Å². The highest BCUT2D eigenvalue weighted by Gasteiger charge is 2.70. The van der Waals surface area contributed by atoms with Gasteiger partial charge in [-0.15, -0.1) is 0 Å². The Hall–Kier alpha value is -7.81. The number of Topliss-reactive ketones (excluding diaryl/α,β-unsaturated/α-hetero) is 2. The molecule has 6 heterocycles. The zero-order valence-corrected chi connectivity index (χ0v) is 59.9. The second-order valence-corrected chi connectivity index (χ2v) is 33.6. The Morgan fingerprint density at radius 3 is 1.49 bits per heavy atom. The molecule has 0 spiro atoms. The van der Waals surface area contributed by atoms with Crippen LogP contribution in [0, 0.1) is 68.8 Å². The fraction of sp³-hybridized carbons (Fsp3) is 0.519. The monoisotopic (exact) mass is 1430 g/mol. The van der Waals surface area contributed by atoms with E-state index < -0.39 is 56.7 Å². The molecule has 10 aliphatic rings. The molecular formula is C79H92F2N10O11S. The number of oxazole rings is 2. The molecule has 6 saturated carbocycles. The summed E-state index contributed by atoms with van der Waals surface area (Å²) >= 11 is 0. The minimum absolute atomic E-state index is 0.0137. The number of ketones is 2. The maximum absolute atomic E-state index is 14.1. The molecule has 8 fully saturated rings. The van der Waals surface area contributed by atoms with Gasteiger partial charge in [-0.2, -0.15) is 28.6 Å². The van der Waals surface area contributed by atoms with Gasteiger partial charge in [0.15, 0.2) is 22.7 Å². The van der Waals surface area contributed by atoms with Crippen molar-refractivity contribution in [1.29, 1.82) is 0 Å². The number of carbonyl (C=O) groups excluding carboxylic acids is 2. The molecule has 4 aromatic heterocycles. The molecule has 18 rings (SSSR count). The van der Waals surface area contributed by atoms with Crippen molar-refractivity contribution < 1.29 is 60.2 Å². The van der Waals surface area contributed by atoms with E-state index in [1.54, 1.807) is 24.3 Å². The predicted octanol–water partition coefficient (Wildman–Crippen LogP) is 10.1. The Labute approximate surface area is 598 Å². The van der Waals surface area contributed by atoms with Crippen LogP contribution < -0.4 is 15.1 Å². The zero-order valence-electron chi connectivity index (χ0n) is 59.1. The van der Waals surface area contributed by atoms with E-state index in [-0.39, 0.29) is 83.1 Å². The number of aromatic nitrogens is 6. The average Bonchev–Trinajstić information content (AvgIpc) is 1.64. The lowest BCUT2D eigenvalue weighted by atomic mass is 9.45. The SMILES string of the molecule is C[C@]12Cc3cnn(-c4ccc(F)cc4)c3C=C1CCC1C2[C@@H](O)C[C@@]2(C)C1CC[C@]2(O)C(=O)CN1CCN(c2nc3ccccc3o2)CC1.C[C@]12Cc3cnn(-c4ccc(F)cc4)c3C=C1CCC1C2[C@@H](O)C[C@@]2(C)C1CC[C@]2(O)C(=O)COS(C)(=O)=O.c1ccc2oc(N3CCNCC3)nc2c1. The van der Waals surface area contributed by atoms with Crippen LogP contribution in [0.1, 0.15) is 114 Å². The molecule has 2 aliphatic heterocycles. The maximum atomic E-state index is 14.1. The summed E-state index contributed by atoms with van der Waals surface area (Å²) < 4.78 is 70.3. The van der Waals surface area contributed by atoms with Crippen molar-refractivity contribution >= 4 is 68.1 Å². The summed E-state index contributed by atoms with van der Waals surface area (Å²) in [7, 11) is -3.83. The molecule has 2 saturated heterocycles. The van der Waals surface area contributed by atoms with Crippen molar-refractivity contribution in [3.63, 3.8) is 0 Å². The molecule has 14 atom stereocenters.